The maximum absolute atomic E-state index is 11.8. The number of nitrogens with two attached hydrogens (primary N) is 3. The van der Waals surface area contributed by atoms with Gasteiger partial charge in [0, 0.05) is 38.2 Å². The van der Waals surface area contributed by atoms with Crippen molar-refractivity contribution in [3.8, 4) is 23.3 Å². The number of hydrogen-bond donors (Lipinski definition) is 6. The van der Waals surface area contributed by atoms with Crippen molar-refractivity contribution >= 4 is 40.7 Å². The van der Waals surface area contributed by atoms with E-state index in [1.807, 2.05) is 12.2 Å². The van der Waals surface area contributed by atoms with Crippen LogP contribution in [-0.2, 0) is 4.74 Å². The lowest BCUT2D eigenvalue weighted by Gasteiger charge is -2.28. The molecule has 1 heterocycles. The molecule has 0 aliphatic carbocycles. The number of hydrogen-bond acceptors (Lipinski definition) is 10. The van der Waals surface area contributed by atoms with Gasteiger partial charge in [-0.25, -0.2) is 9.59 Å². The lowest BCUT2D eigenvalue weighted by molar-refractivity contribution is 0.0600. The Morgan fingerprint density at radius 3 is 2.09 bits per heavy atom. The standard InChI is InChI=1S/C30H38N6O7/c1-41-24-18-21(29(38)42-2)16-23(32)26(24)34-10-4-5-11-35-27-22(31)15-20(28(33)37)17-25(27)43-14-6-3-7-19-8-12-36(13-9-19)30(39)40/h4-5,15-19,34-35H,7-14,31-32H2,1-2H3,(H2,33,37)(H,39,40). The van der Waals surface area contributed by atoms with E-state index in [-0.39, 0.29) is 17.7 Å². The minimum absolute atomic E-state index is 0.0715. The molecule has 3 rings (SSSR count). The predicted molar refractivity (Wildman–Crippen MR) is 164 cm³/mol. The first kappa shape index (κ1) is 32.3. The summed E-state index contributed by atoms with van der Waals surface area (Å²) in [6, 6.07) is 6.05. The number of primary amides is 1. The zero-order valence-corrected chi connectivity index (χ0v) is 24.3. The van der Waals surface area contributed by atoms with Crippen LogP contribution in [0.3, 0.4) is 0 Å². The zero-order valence-electron chi connectivity index (χ0n) is 24.3. The number of nitrogens with one attached hydrogen (secondary N) is 2. The number of esters is 1. The highest BCUT2D eigenvalue weighted by Gasteiger charge is 2.21. The Balaban J connectivity index is 1.56. The van der Waals surface area contributed by atoms with Crippen LogP contribution >= 0.6 is 0 Å². The van der Waals surface area contributed by atoms with Crippen molar-refractivity contribution in [3.05, 3.63) is 47.5 Å². The Bertz CT molecular complexity index is 1410. The molecule has 0 aromatic heterocycles. The maximum atomic E-state index is 11.8. The van der Waals surface area contributed by atoms with E-state index < -0.39 is 18.0 Å². The van der Waals surface area contributed by atoms with Gasteiger partial charge in [-0.05, 0) is 43.0 Å². The summed E-state index contributed by atoms with van der Waals surface area (Å²) < 4.78 is 16.0. The van der Waals surface area contributed by atoms with E-state index in [2.05, 4.69) is 22.5 Å². The number of carbonyl (C=O) groups is 3. The van der Waals surface area contributed by atoms with E-state index >= 15 is 0 Å². The fourth-order valence-corrected chi connectivity index (χ4v) is 4.50. The number of likely N-dealkylation sites (tertiary alicyclic amines) is 1. The molecule has 13 nitrogen and oxygen atoms in total. The van der Waals surface area contributed by atoms with Gasteiger partial charge < -0.3 is 52.1 Å². The molecule has 0 atom stereocenters. The van der Waals surface area contributed by atoms with E-state index in [4.69, 9.17) is 36.5 Å². The summed E-state index contributed by atoms with van der Waals surface area (Å²) in [5.74, 6) is 6.01. The average molecular weight is 595 g/mol. The topological polar surface area (TPSA) is 204 Å². The van der Waals surface area contributed by atoms with Crippen molar-refractivity contribution in [1.29, 1.82) is 0 Å². The van der Waals surface area contributed by atoms with Gasteiger partial charge in [-0.15, -0.1) is 0 Å². The van der Waals surface area contributed by atoms with E-state index in [0.29, 0.717) is 72.8 Å². The Morgan fingerprint density at radius 2 is 1.53 bits per heavy atom. The molecule has 0 saturated carbocycles. The Labute approximate surface area is 250 Å². The Morgan fingerprint density at radius 1 is 0.953 bits per heavy atom. The molecule has 0 radical (unpaired) electrons. The number of ether oxygens (including phenoxy) is 3. The van der Waals surface area contributed by atoms with Crippen molar-refractivity contribution in [2.75, 3.05) is 69.1 Å². The van der Waals surface area contributed by atoms with E-state index in [9.17, 15) is 14.4 Å². The molecule has 0 spiro atoms. The third-order valence-corrected chi connectivity index (χ3v) is 6.85. The number of anilines is 4. The summed E-state index contributed by atoms with van der Waals surface area (Å²) in [6.45, 7) is 1.89. The molecule has 1 aliphatic heterocycles. The second kappa shape index (κ2) is 15.7. The fraction of sp³-hybridized carbons (Fsp3) is 0.367. The lowest BCUT2D eigenvalue weighted by Crippen LogP contribution is -2.37. The van der Waals surface area contributed by atoms with Gasteiger partial charge >= 0.3 is 12.1 Å². The predicted octanol–water partition coefficient (Wildman–Crippen LogP) is 2.99. The van der Waals surface area contributed by atoms with Crippen LogP contribution < -0.4 is 37.3 Å². The smallest absolute Gasteiger partial charge is 0.407 e. The highest BCUT2D eigenvalue weighted by molar-refractivity contribution is 5.96. The first-order valence-corrected chi connectivity index (χ1v) is 13.6. The van der Waals surface area contributed by atoms with Gasteiger partial charge in [0.2, 0.25) is 5.91 Å². The highest BCUT2D eigenvalue weighted by Crippen LogP contribution is 2.33. The van der Waals surface area contributed by atoms with Crippen LogP contribution in [0.25, 0.3) is 0 Å². The molecule has 9 N–H and O–H groups in total. The van der Waals surface area contributed by atoms with Gasteiger partial charge in [0.25, 0.3) is 0 Å². The van der Waals surface area contributed by atoms with Crippen molar-refractivity contribution in [3.63, 3.8) is 0 Å². The van der Waals surface area contributed by atoms with Crippen molar-refractivity contribution in [2.45, 2.75) is 19.3 Å². The maximum Gasteiger partial charge on any atom is 0.407 e. The Kier molecular flexibility index (Phi) is 11.8. The minimum atomic E-state index is -0.887. The summed E-state index contributed by atoms with van der Waals surface area (Å²) in [6.07, 6.45) is 5.04. The molecule has 2 aromatic rings. The molecule has 230 valence electrons. The second-order valence-corrected chi connectivity index (χ2v) is 9.73. The molecule has 2 amide bonds. The zero-order chi connectivity index (χ0) is 31.4. The average Bonchev–Trinajstić information content (AvgIpc) is 2.99. The molecule has 0 bridgehead atoms. The normalized spacial score (nSPS) is 13.1. The largest absolute Gasteiger partial charge is 0.494 e. The number of carbonyl (C=O) groups excluding carboxylic acids is 2. The van der Waals surface area contributed by atoms with Crippen LogP contribution in [0.1, 0.15) is 40.0 Å². The van der Waals surface area contributed by atoms with Crippen LogP contribution in [0, 0.1) is 17.8 Å². The van der Waals surface area contributed by atoms with Crippen molar-refractivity contribution < 1.29 is 33.7 Å². The third kappa shape index (κ3) is 9.12. The number of benzene rings is 2. The van der Waals surface area contributed by atoms with Gasteiger partial charge in [0.1, 0.15) is 29.5 Å². The van der Waals surface area contributed by atoms with E-state index in [1.54, 1.807) is 6.07 Å². The number of nitrogen functional groups attached to an aromatic ring is 2. The number of amides is 2. The third-order valence-electron chi connectivity index (χ3n) is 6.85. The molecule has 1 aliphatic rings. The molecular formula is C30H38N6O7. The summed E-state index contributed by atoms with van der Waals surface area (Å²) in [5.41, 5.74) is 19.9. The van der Waals surface area contributed by atoms with Crippen LogP contribution in [0.2, 0.25) is 0 Å². The molecule has 13 heteroatoms. The van der Waals surface area contributed by atoms with Gasteiger partial charge in [-0.2, -0.15) is 0 Å². The molecule has 43 heavy (non-hydrogen) atoms. The molecule has 2 aromatic carbocycles. The van der Waals surface area contributed by atoms with E-state index in [1.165, 1.54) is 37.3 Å². The highest BCUT2D eigenvalue weighted by atomic mass is 16.5. The fourth-order valence-electron chi connectivity index (χ4n) is 4.50. The minimum Gasteiger partial charge on any atom is -0.494 e. The number of piperidine rings is 1. The van der Waals surface area contributed by atoms with Gasteiger partial charge in [0.15, 0.2) is 0 Å². The monoisotopic (exact) mass is 594 g/mol. The molecule has 0 unspecified atom stereocenters. The first-order valence-electron chi connectivity index (χ1n) is 13.6. The van der Waals surface area contributed by atoms with Crippen molar-refractivity contribution in [2.24, 2.45) is 11.7 Å². The van der Waals surface area contributed by atoms with Crippen LogP contribution in [0.15, 0.2) is 36.4 Å². The van der Waals surface area contributed by atoms with Gasteiger partial charge in [-0.3, -0.25) is 4.79 Å². The lowest BCUT2D eigenvalue weighted by atomic mass is 9.94. The number of nitrogens with zero attached hydrogens (tertiary/aromatic N) is 1. The number of rotatable bonds is 12. The van der Waals surface area contributed by atoms with Crippen LogP contribution in [0.5, 0.6) is 11.5 Å². The SMILES string of the molecule is COC(=O)c1cc(N)c(NCC=CCNc2c(N)cc(C(N)=O)cc2OCC#CCC2CCN(C(=O)O)CC2)c(OC)c1. The van der Waals surface area contributed by atoms with Gasteiger partial charge in [-0.1, -0.05) is 24.0 Å². The van der Waals surface area contributed by atoms with Crippen LogP contribution in [0.4, 0.5) is 27.5 Å². The summed E-state index contributed by atoms with van der Waals surface area (Å²) in [4.78, 5) is 36.1. The van der Waals surface area contributed by atoms with Crippen LogP contribution in [-0.4, -0.2) is 75.0 Å². The summed E-state index contributed by atoms with van der Waals surface area (Å²) in [5, 5.41) is 15.4. The quantitative estimate of drug-likeness (QED) is 0.0912. The second-order valence-electron chi connectivity index (χ2n) is 9.73. The number of carboxylic acid groups (broad SMARTS) is 1. The van der Waals surface area contributed by atoms with Gasteiger partial charge in [0.05, 0.1) is 31.2 Å². The van der Waals surface area contributed by atoms with E-state index in [0.717, 1.165) is 12.8 Å². The van der Waals surface area contributed by atoms with Crippen molar-refractivity contribution in [1.82, 2.24) is 4.90 Å². The molecular weight excluding hydrogens is 556 g/mol. The first-order chi connectivity index (χ1) is 20.6. The number of methoxy groups -OCH3 is 2. The Hall–Kier alpha value is -5.25. The summed E-state index contributed by atoms with van der Waals surface area (Å²) >= 11 is 0. The summed E-state index contributed by atoms with van der Waals surface area (Å²) in [7, 11) is 2.77. The molecule has 1 fully saturated rings. The molecule has 1 saturated heterocycles.